The lowest BCUT2D eigenvalue weighted by molar-refractivity contribution is -0.259. The molecule has 0 aromatic heterocycles. The van der Waals surface area contributed by atoms with E-state index in [1.165, 1.54) is 11.8 Å². The minimum atomic E-state index is -0.295. The molecule has 0 unspecified atom stereocenters. The Labute approximate surface area is 65.0 Å². The Kier molecular flexibility index (Phi) is 6.74. The number of rotatable bonds is 5. The van der Waals surface area contributed by atoms with Crippen molar-refractivity contribution in [2.45, 2.75) is 19.8 Å². The van der Waals surface area contributed by atoms with E-state index in [4.69, 9.17) is 0 Å². The van der Waals surface area contributed by atoms with Crippen LogP contribution in [0.3, 0.4) is 0 Å². The molecule has 0 saturated heterocycles. The van der Waals surface area contributed by atoms with Crippen LogP contribution in [0.5, 0.6) is 0 Å². The van der Waals surface area contributed by atoms with Crippen LogP contribution in [-0.2, 0) is 14.6 Å². The maximum absolute atomic E-state index is 10.6. The van der Waals surface area contributed by atoms with Gasteiger partial charge < -0.3 is 0 Å². The first-order chi connectivity index (χ1) is 4.81. The van der Waals surface area contributed by atoms with E-state index in [9.17, 15) is 4.79 Å². The highest BCUT2D eigenvalue weighted by atomic mass is 32.2. The van der Waals surface area contributed by atoms with Crippen molar-refractivity contribution in [1.29, 1.82) is 0 Å². The zero-order valence-corrected chi connectivity index (χ0v) is 7.07. The first-order valence-electron chi connectivity index (χ1n) is 3.12. The molecule has 60 valence electrons. The summed E-state index contributed by atoms with van der Waals surface area (Å²) in [5.74, 6) is 0.103. The normalized spacial score (nSPS) is 9.40. The van der Waals surface area contributed by atoms with Crippen LogP contribution in [0, 0.1) is 0 Å². The van der Waals surface area contributed by atoms with Crippen LogP contribution >= 0.6 is 11.8 Å². The maximum Gasteiger partial charge on any atom is 0.342 e. The largest absolute Gasteiger partial charge is 0.342 e. The Morgan fingerprint density at radius 2 is 2.30 bits per heavy atom. The number of hydrogen-bond donors (Lipinski definition) is 0. The minimum absolute atomic E-state index is 0.295. The van der Waals surface area contributed by atoms with Crippen molar-refractivity contribution < 1.29 is 14.6 Å². The third-order valence-electron chi connectivity index (χ3n) is 0.772. The molecule has 0 aromatic rings. The van der Waals surface area contributed by atoms with E-state index < -0.39 is 0 Å². The molecule has 0 aliphatic rings. The van der Waals surface area contributed by atoms with E-state index in [1.807, 2.05) is 13.2 Å². The van der Waals surface area contributed by atoms with Gasteiger partial charge in [0.1, 0.15) is 5.94 Å². The highest BCUT2D eigenvalue weighted by Crippen LogP contribution is 1.96. The predicted molar refractivity (Wildman–Crippen MR) is 40.5 cm³/mol. The second kappa shape index (κ2) is 6.89. The lowest BCUT2D eigenvalue weighted by atomic mass is 10.3. The highest BCUT2D eigenvalue weighted by Gasteiger charge is 1.99. The van der Waals surface area contributed by atoms with Crippen LogP contribution in [0.2, 0.25) is 0 Å². The molecule has 0 bridgehead atoms. The van der Waals surface area contributed by atoms with Crippen LogP contribution < -0.4 is 0 Å². The molecular weight excluding hydrogens is 152 g/mol. The van der Waals surface area contributed by atoms with Crippen molar-refractivity contribution in [1.82, 2.24) is 0 Å². The van der Waals surface area contributed by atoms with Gasteiger partial charge in [0.15, 0.2) is 0 Å². The van der Waals surface area contributed by atoms with Crippen molar-refractivity contribution in [3.8, 4) is 0 Å². The standard InChI is InChI=1S/C6H12O3S/c1-3-4-6(7)9-8-5-10-2/h3-5H2,1-2H3. The number of hydrogen-bond acceptors (Lipinski definition) is 4. The summed E-state index contributed by atoms with van der Waals surface area (Å²) in [5, 5.41) is 0. The fourth-order valence-corrected chi connectivity index (χ4v) is 0.528. The van der Waals surface area contributed by atoms with Gasteiger partial charge in [0.25, 0.3) is 0 Å². The Hall–Kier alpha value is -0.220. The van der Waals surface area contributed by atoms with Crippen LogP contribution in [0.25, 0.3) is 0 Å². The number of carbonyl (C=O) groups excluding carboxylic acids is 1. The second-order valence-electron chi connectivity index (χ2n) is 1.73. The van der Waals surface area contributed by atoms with E-state index in [1.54, 1.807) is 0 Å². The molecule has 0 amide bonds. The van der Waals surface area contributed by atoms with Crippen LogP contribution in [0.1, 0.15) is 19.8 Å². The van der Waals surface area contributed by atoms with E-state index in [2.05, 4.69) is 9.78 Å². The lowest BCUT2D eigenvalue weighted by Gasteiger charge is -1.99. The third-order valence-corrected chi connectivity index (χ3v) is 1.10. The van der Waals surface area contributed by atoms with Crippen molar-refractivity contribution in [3.05, 3.63) is 0 Å². The van der Waals surface area contributed by atoms with Gasteiger partial charge in [0.05, 0.1) is 0 Å². The van der Waals surface area contributed by atoms with Crippen LogP contribution in [0.4, 0.5) is 0 Å². The van der Waals surface area contributed by atoms with Gasteiger partial charge in [0, 0.05) is 6.42 Å². The van der Waals surface area contributed by atoms with Gasteiger partial charge in [-0.25, -0.2) is 4.79 Å². The molecule has 0 heterocycles. The zero-order chi connectivity index (χ0) is 7.82. The minimum Gasteiger partial charge on any atom is -0.298 e. The Morgan fingerprint density at radius 3 is 2.80 bits per heavy atom. The van der Waals surface area contributed by atoms with Gasteiger partial charge in [-0.15, -0.1) is 11.8 Å². The van der Waals surface area contributed by atoms with Crippen molar-refractivity contribution in [3.63, 3.8) is 0 Å². The summed E-state index contributed by atoms with van der Waals surface area (Å²) in [6.45, 7) is 1.91. The molecule has 0 radical (unpaired) electrons. The number of carbonyl (C=O) groups is 1. The molecule has 0 N–H and O–H groups in total. The van der Waals surface area contributed by atoms with E-state index >= 15 is 0 Å². The summed E-state index contributed by atoms with van der Waals surface area (Å²) >= 11 is 1.46. The Balaban J connectivity index is 3.05. The SMILES string of the molecule is CCCC(=O)OOCSC. The van der Waals surface area contributed by atoms with E-state index in [0.717, 1.165) is 6.42 Å². The first-order valence-corrected chi connectivity index (χ1v) is 4.52. The molecule has 10 heavy (non-hydrogen) atoms. The van der Waals surface area contributed by atoms with E-state index in [-0.39, 0.29) is 5.97 Å². The molecule has 0 aromatic carbocycles. The van der Waals surface area contributed by atoms with E-state index in [0.29, 0.717) is 12.4 Å². The van der Waals surface area contributed by atoms with Crippen molar-refractivity contribution in [2.24, 2.45) is 0 Å². The van der Waals surface area contributed by atoms with Gasteiger partial charge in [-0.2, -0.15) is 4.89 Å². The molecular formula is C6H12O3S. The second-order valence-corrected chi connectivity index (χ2v) is 2.54. The third kappa shape index (κ3) is 5.91. The summed E-state index contributed by atoms with van der Waals surface area (Å²) in [6.07, 6.45) is 3.09. The van der Waals surface area contributed by atoms with Gasteiger partial charge in [-0.05, 0) is 12.7 Å². The molecule has 0 atom stereocenters. The first kappa shape index (κ1) is 9.78. The summed E-state index contributed by atoms with van der Waals surface area (Å²) in [5.41, 5.74) is 0. The maximum atomic E-state index is 10.6. The molecule has 0 aliphatic carbocycles. The fourth-order valence-electron chi connectivity index (χ4n) is 0.384. The average molecular weight is 164 g/mol. The molecule has 3 nitrogen and oxygen atoms in total. The number of thioether (sulfide) groups is 1. The average Bonchev–Trinajstić information content (AvgIpc) is 1.89. The Bertz CT molecular complexity index is 95.0. The summed E-state index contributed by atoms with van der Waals surface area (Å²) < 4.78 is 0. The van der Waals surface area contributed by atoms with Crippen molar-refractivity contribution in [2.75, 3.05) is 12.2 Å². The topological polar surface area (TPSA) is 35.5 Å². The summed E-state index contributed by atoms with van der Waals surface area (Å²) in [6, 6.07) is 0. The van der Waals surface area contributed by atoms with Gasteiger partial charge >= 0.3 is 5.97 Å². The van der Waals surface area contributed by atoms with Gasteiger partial charge in [0.2, 0.25) is 0 Å². The molecule has 0 saturated carbocycles. The molecule has 0 rings (SSSR count). The quantitative estimate of drug-likeness (QED) is 0.267. The predicted octanol–water partition coefficient (Wildman–Crippen LogP) is 1.58. The lowest BCUT2D eigenvalue weighted by Crippen LogP contribution is -2.03. The molecule has 0 aliphatic heterocycles. The monoisotopic (exact) mass is 164 g/mol. The highest BCUT2D eigenvalue weighted by molar-refractivity contribution is 7.98. The van der Waals surface area contributed by atoms with Crippen LogP contribution in [-0.4, -0.2) is 18.2 Å². The van der Waals surface area contributed by atoms with Gasteiger partial charge in [-0.1, -0.05) is 6.92 Å². The van der Waals surface area contributed by atoms with Crippen molar-refractivity contribution >= 4 is 17.7 Å². The fraction of sp³-hybridized carbons (Fsp3) is 0.833. The Morgan fingerprint density at radius 1 is 1.60 bits per heavy atom. The zero-order valence-electron chi connectivity index (χ0n) is 6.25. The van der Waals surface area contributed by atoms with Crippen LogP contribution in [0.15, 0.2) is 0 Å². The smallest absolute Gasteiger partial charge is 0.298 e. The summed E-state index contributed by atoms with van der Waals surface area (Å²) in [4.78, 5) is 19.4. The molecule has 4 heteroatoms. The van der Waals surface area contributed by atoms with Gasteiger partial charge in [-0.3, -0.25) is 4.89 Å². The molecule has 0 spiro atoms. The molecule has 0 fully saturated rings. The summed E-state index contributed by atoms with van der Waals surface area (Å²) in [7, 11) is 0.